The van der Waals surface area contributed by atoms with Crippen LogP contribution in [0, 0.1) is 0 Å². The van der Waals surface area contributed by atoms with Gasteiger partial charge in [0.15, 0.2) is 0 Å². The fourth-order valence-electron chi connectivity index (χ4n) is 2.99. The average molecular weight is 369 g/mol. The standard InChI is InChI=1S/C20H27N5O2/c1-4-15(2)23-20(26)18-13-22-19(14-21-18)25-11-9-24(10-12-25)16-5-7-17(27-3)8-6-16/h5-8,13-15H,4,9-12H2,1-3H3,(H,23,26). The van der Waals surface area contributed by atoms with E-state index in [0.717, 1.165) is 44.2 Å². The van der Waals surface area contributed by atoms with Crippen LogP contribution >= 0.6 is 0 Å². The van der Waals surface area contributed by atoms with Gasteiger partial charge in [-0.1, -0.05) is 6.92 Å². The van der Waals surface area contributed by atoms with Crippen molar-refractivity contribution in [1.29, 1.82) is 0 Å². The van der Waals surface area contributed by atoms with Gasteiger partial charge in [0.2, 0.25) is 0 Å². The summed E-state index contributed by atoms with van der Waals surface area (Å²) < 4.78 is 5.21. The van der Waals surface area contributed by atoms with E-state index in [-0.39, 0.29) is 11.9 Å². The number of methoxy groups -OCH3 is 1. The molecule has 0 bridgehead atoms. The Kier molecular flexibility index (Phi) is 6.11. The summed E-state index contributed by atoms with van der Waals surface area (Å²) in [6.45, 7) is 7.54. The highest BCUT2D eigenvalue weighted by molar-refractivity contribution is 5.92. The average Bonchev–Trinajstić information content (AvgIpc) is 2.74. The molecule has 1 unspecified atom stereocenters. The van der Waals surface area contributed by atoms with Gasteiger partial charge >= 0.3 is 0 Å². The van der Waals surface area contributed by atoms with Gasteiger partial charge in [0, 0.05) is 37.9 Å². The monoisotopic (exact) mass is 369 g/mol. The highest BCUT2D eigenvalue weighted by atomic mass is 16.5. The first-order valence-corrected chi connectivity index (χ1v) is 9.37. The van der Waals surface area contributed by atoms with Crippen molar-refractivity contribution in [2.45, 2.75) is 26.3 Å². The van der Waals surface area contributed by atoms with Gasteiger partial charge in [-0.2, -0.15) is 0 Å². The van der Waals surface area contributed by atoms with Crippen molar-refractivity contribution in [2.75, 3.05) is 43.1 Å². The van der Waals surface area contributed by atoms with Gasteiger partial charge in [0.05, 0.1) is 19.5 Å². The molecule has 0 aliphatic carbocycles. The van der Waals surface area contributed by atoms with Gasteiger partial charge in [0.1, 0.15) is 17.3 Å². The third kappa shape index (κ3) is 4.67. The molecule has 1 aromatic carbocycles. The second-order valence-electron chi connectivity index (χ2n) is 6.71. The van der Waals surface area contributed by atoms with Crippen molar-refractivity contribution in [1.82, 2.24) is 15.3 Å². The van der Waals surface area contributed by atoms with Crippen LogP contribution in [-0.2, 0) is 0 Å². The van der Waals surface area contributed by atoms with Crippen molar-refractivity contribution < 1.29 is 9.53 Å². The molecule has 0 radical (unpaired) electrons. The van der Waals surface area contributed by atoms with Gasteiger partial charge < -0.3 is 19.9 Å². The molecular formula is C20H27N5O2. The number of carbonyl (C=O) groups is 1. The Bertz CT molecular complexity index is 740. The number of rotatable bonds is 6. The minimum absolute atomic E-state index is 0.130. The predicted molar refractivity (Wildman–Crippen MR) is 107 cm³/mol. The maximum absolute atomic E-state index is 12.1. The Balaban J connectivity index is 1.56. The van der Waals surface area contributed by atoms with E-state index in [9.17, 15) is 4.79 Å². The van der Waals surface area contributed by atoms with E-state index in [1.54, 1.807) is 19.5 Å². The summed E-state index contributed by atoms with van der Waals surface area (Å²) in [6, 6.07) is 8.26. The van der Waals surface area contributed by atoms with Gasteiger partial charge in [-0.25, -0.2) is 9.97 Å². The third-order valence-electron chi connectivity index (χ3n) is 4.90. The van der Waals surface area contributed by atoms with E-state index in [2.05, 4.69) is 37.2 Å². The van der Waals surface area contributed by atoms with E-state index >= 15 is 0 Å². The van der Waals surface area contributed by atoms with Gasteiger partial charge in [-0.05, 0) is 37.6 Å². The van der Waals surface area contributed by atoms with Gasteiger partial charge in [-0.15, -0.1) is 0 Å². The lowest BCUT2D eigenvalue weighted by Crippen LogP contribution is -2.46. The summed E-state index contributed by atoms with van der Waals surface area (Å²) in [5, 5.41) is 2.91. The van der Waals surface area contributed by atoms with Crippen LogP contribution in [0.5, 0.6) is 5.75 Å². The third-order valence-corrected chi connectivity index (χ3v) is 4.90. The van der Waals surface area contributed by atoms with E-state index < -0.39 is 0 Å². The molecule has 1 aliphatic rings. The summed E-state index contributed by atoms with van der Waals surface area (Å²) in [7, 11) is 1.67. The molecule has 1 aromatic heterocycles. The number of aromatic nitrogens is 2. The van der Waals surface area contributed by atoms with E-state index in [1.807, 2.05) is 26.0 Å². The maximum atomic E-state index is 12.1. The molecule has 0 spiro atoms. The van der Waals surface area contributed by atoms with Crippen molar-refractivity contribution in [3.63, 3.8) is 0 Å². The smallest absolute Gasteiger partial charge is 0.271 e. The zero-order valence-corrected chi connectivity index (χ0v) is 16.2. The molecule has 1 aliphatic heterocycles. The number of nitrogens with one attached hydrogen (secondary N) is 1. The molecular weight excluding hydrogens is 342 g/mol. The first-order valence-electron chi connectivity index (χ1n) is 9.37. The van der Waals surface area contributed by atoms with Crippen LogP contribution < -0.4 is 19.9 Å². The Hall–Kier alpha value is -2.83. The Morgan fingerprint density at radius 2 is 1.78 bits per heavy atom. The number of hydrogen-bond donors (Lipinski definition) is 1. The highest BCUT2D eigenvalue weighted by Crippen LogP contribution is 2.21. The first-order chi connectivity index (χ1) is 13.1. The molecule has 7 heteroatoms. The van der Waals surface area contributed by atoms with E-state index in [0.29, 0.717) is 5.69 Å². The molecule has 1 atom stereocenters. The maximum Gasteiger partial charge on any atom is 0.271 e. The van der Waals surface area contributed by atoms with Crippen LogP contribution in [0.2, 0.25) is 0 Å². The Morgan fingerprint density at radius 3 is 2.33 bits per heavy atom. The summed E-state index contributed by atoms with van der Waals surface area (Å²) >= 11 is 0. The van der Waals surface area contributed by atoms with Crippen LogP contribution in [0.3, 0.4) is 0 Å². The molecule has 0 saturated carbocycles. The van der Waals surface area contributed by atoms with Crippen LogP contribution in [-0.4, -0.2) is 55.2 Å². The van der Waals surface area contributed by atoms with Crippen molar-refractivity contribution >= 4 is 17.4 Å². The summed E-state index contributed by atoms with van der Waals surface area (Å²) in [6.07, 6.45) is 4.13. The quantitative estimate of drug-likeness (QED) is 0.843. The van der Waals surface area contributed by atoms with Crippen LogP contribution in [0.1, 0.15) is 30.8 Å². The fourth-order valence-corrected chi connectivity index (χ4v) is 2.99. The van der Waals surface area contributed by atoms with Crippen LogP contribution in [0.15, 0.2) is 36.7 Å². The van der Waals surface area contributed by atoms with E-state index in [4.69, 9.17) is 4.74 Å². The summed E-state index contributed by atoms with van der Waals surface area (Å²) in [4.78, 5) is 25.4. The normalized spacial score (nSPS) is 15.4. The topological polar surface area (TPSA) is 70.6 Å². The lowest BCUT2D eigenvalue weighted by molar-refractivity contribution is 0.0934. The molecule has 3 rings (SSSR count). The van der Waals surface area contributed by atoms with Gasteiger partial charge in [-0.3, -0.25) is 4.79 Å². The lowest BCUT2D eigenvalue weighted by atomic mass is 10.2. The fraction of sp³-hybridized carbons (Fsp3) is 0.450. The van der Waals surface area contributed by atoms with Crippen LogP contribution in [0.4, 0.5) is 11.5 Å². The molecule has 27 heavy (non-hydrogen) atoms. The number of anilines is 2. The molecule has 1 N–H and O–H groups in total. The zero-order chi connectivity index (χ0) is 19.2. The molecule has 2 aromatic rings. The Labute approximate surface area is 160 Å². The lowest BCUT2D eigenvalue weighted by Gasteiger charge is -2.36. The highest BCUT2D eigenvalue weighted by Gasteiger charge is 2.19. The number of amides is 1. The molecule has 2 heterocycles. The number of nitrogens with zero attached hydrogens (tertiary/aromatic N) is 4. The molecule has 7 nitrogen and oxygen atoms in total. The number of ether oxygens (including phenoxy) is 1. The van der Waals surface area contributed by atoms with Crippen molar-refractivity contribution in [3.05, 3.63) is 42.4 Å². The minimum Gasteiger partial charge on any atom is -0.497 e. The second-order valence-corrected chi connectivity index (χ2v) is 6.71. The number of piperazine rings is 1. The van der Waals surface area contributed by atoms with Crippen molar-refractivity contribution in [3.8, 4) is 5.75 Å². The molecule has 1 saturated heterocycles. The zero-order valence-electron chi connectivity index (χ0n) is 16.2. The number of hydrogen-bond acceptors (Lipinski definition) is 6. The minimum atomic E-state index is -0.173. The van der Waals surface area contributed by atoms with E-state index in [1.165, 1.54) is 5.69 Å². The van der Waals surface area contributed by atoms with Gasteiger partial charge in [0.25, 0.3) is 5.91 Å². The largest absolute Gasteiger partial charge is 0.497 e. The molecule has 1 fully saturated rings. The summed E-state index contributed by atoms with van der Waals surface area (Å²) in [5.41, 5.74) is 1.55. The summed E-state index contributed by atoms with van der Waals surface area (Å²) in [5.74, 6) is 1.50. The second kappa shape index (κ2) is 8.70. The first kappa shape index (κ1) is 18.9. The van der Waals surface area contributed by atoms with Crippen LogP contribution in [0.25, 0.3) is 0 Å². The SMILES string of the molecule is CCC(C)NC(=O)c1cnc(N2CCN(c3ccc(OC)cc3)CC2)cn1. The van der Waals surface area contributed by atoms with Crippen molar-refractivity contribution in [2.24, 2.45) is 0 Å². The number of carbonyl (C=O) groups excluding carboxylic acids is 1. The predicted octanol–water partition coefficient (Wildman–Crippen LogP) is 2.34. The Morgan fingerprint density at radius 1 is 1.11 bits per heavy atom. The molecule has 144 valence electrons. The molecule has 1 amide bonds. The number of benzene rings is 1.